The average molecular weight is 300 g/mol. The van der Waals surface area contributed by atoms with E-state index in [0.29, 0.717) is 18.5 Å². The van der Waals surface area contributed by atoms with Crippen LogP contribution in [0.4, 0.5) is 5.69 Å². The van der Waals surface area contributed by atoms with E-state index in [-0.39, 0.29) is 11.7 Å². The third kappa shape index (κ3) is 2.57. The number of nitrogens with one attached hydrogen (secondary N) is 2. The van der Waals surface area contributed by atoms with Gasteiger partial charge in [0.15, 0.2) is 0 Å². The van der Waals surface area contributed by atoms with Crippen molar-refractivity contribution in [3.8, 4) is 5.75 Å². The molecule has 1 aliphatic rings. The minimum atomic E-state index is -0.717. The Balaban J connectivity index is 1.91. The molecule has 1 fully saturated rings. The van der Waals surface area contributed by atoms with Crippen molar-refractivity contribution in [1.82, 2.24) is 15.1 Å². The zero-order chi connectivity index (χ0) is 15.6. The van der Waals surface area contributed by atoms with Gasteiger partial charge in [-0.3, -0.25) is 9.48 Å². The number of carbonyl (C=O) groups excluding carboxylic acids is 1. The van der Waals surface area contributed by atoms with Gasteiger partial charge in [-0.05, 0) is 56.6 Å². The molecule has 2 aromatic rings. The van der Waals surface area contributed by atoms with Gasteiger partial charge >= 0.3 is 0 Å². The molecule has 3 N–H and O–H groups in total. The molecule has 2 heterocycles. The molecule has 116 valence electrons. The van der Waals surface area contributed by atoms with E-state index < -0.39 is 5.54 Å². The Bertz CT molecular complexity index is 661. The van der Waals surface area contributed by atoms with E-state index in [9.17, 15) is 9.90 Å². The average Bonchev–Trinajstić information content (AvgIpc) is 3.06. The SMILES string of the molecule is Cc1ccc(O)c(NC(=O)C2(n3cccn3)CCNCC2)c1. The van der Waals surface area contributed by atoms with Gasteiger partial charge in [-0.2, -0.15) is 5.10 Å². The molecule has 1 amide bonds. The summed E-state index contributed by atoms with van der Waals surface area (Å²) in [5.41, 5.74) is 0.701. The Kier molecular flexibility index (Phi) is 3.85. The van der Waals surface area contributed by atoms with Crippen LogP contribution in [0.5, 0.6) is 5.75 Å². The third-order valence-corrected chi connectivity index (χ3v) is 4.20. The van der Waals surface area contributed by atoms with Crippen LogP contribution in [0.15, 0.2) is 36.7 Å². The second-order valence-corrected chi connectivity index (χ2v) is 5.71. The van der Waals surface area contributed by atoms with Crippen molar-refractivity contribution in [3.05, 3.63) is 42.2 Å². The van der Waals surface area contributed by atoms with Gasteiger partial charge < -0.3 is 15.7 Å². The molecule has 6 heteroatoms. The van der Waals surface area contributed by atoms with Crippen molar-refractivity contribution < 1.29 is 9.90 Å². The Morgan fingerprint density at radius 1 is 1.41 bits per heavy atom. The van der Waals surface area contributed by atoms with Crippen LogP contribution in [0.1, 0.15) is 18.4 Å². The maximum atomic E-state index is 12.9. The highest BCUT2D eigenvalue weighted by Crippen LogP contribution is 2.31. The summed E-state index contributed by atoms with van der Waals surface area (Å²) in [6.07, 6.45) is 4.82. The van der Waals surface area contributed by atoms with Gasteiger partial charge in [-0.1, -0.05) is 6.07 Å². The van der Waals surface area contributed by atoms with Crippen molar-refractivity contribution in [1.29, 1.82) is 0 Å². The van der Waals surface area contributed by atoms with Gasteiger partial charge in [0.05, 0.1) is 5.69 Å². The molecule has 0 saturated carbocycles. The molecule has 1 aliphatic heterocycles. The predicted molar refractivity (Wildman–Crippen MR) is 83.8 cm³/mol. The number of anilines is 1. The molecule has 0 atom stereocenters. The molecule has 0 bridgehead atoms. The molecule has 1 aromatic carbocycles. The molecule has 3 rings (SSSR count). The third-order valence-electron chi connectivity index (χ3n) is 4.20. The number of hydrogen-bond acceptors (Lipinski definition) is 4. The number of rotatable bonds is 3. The van der Waals surface area contributed by atoms with Crippen LogP contribution >= 0.6 is 0 Å². The van der Waals surface area contributed by atoms with Crippen LogP contribution in [0, 0.1) is 6.92 Å². The zero-order valence-electron chi connectivity index (χ0n) is 12.5. The number of aryl methyl sites for hydroxylation is 1. The quantitative estimate of drug-likeness (QED) is 0.753. The minimum absolute atomic E-state index is 0.0727. The van der Waals surface area contributed by atoms with E-state index in [4.69, 9.17) is 0 Å². The summed E-state index contributed by atoms with van der Waals surface area (Å²) in [4.78, 5) is 12.9. The molecule has 6 nitrogen and oxygen atoms in total. The molecule has 0 aliphatic carbocycles. The second-order valence-electron chi connectivity index (χ2n) is 5.71. The second kappa shape index (κ2) is 5.81. The number of piperidine rings is 1. The van der Waals surface area contributed by atoms with Crippen molar-refractivity contribution in [2.45, 2.75) is 25.3 Å². The summed E-state index contributed by atoms with van der Waals surface area (Å²) in [5.74, 6) is -0.0675. The lowest BCUT2D eigenvalue weighted by Gasteiger charge is -2.36. The molecular formula is C16H20N4O2. The van der Waals surface area contributed by atoms with Crippen molar-refractivity contribution in [2.75, 3.05) is 18.4 Å². The molecule has 1 saturated heterocycles. The molecule has 22 heavy (non-hydrogen) atoms. The minimum Gasteiger partial charge on any atom is -0.506 e. The summed E-state index contributed by atoms with van der Waals surface area (Å²) in [6.45, 7) is 3.43. The normalized spacial score (nSPS) is 17.1. The van der Waals surface area contributed by atoms with Gasteiger partial charge in [-0.25, -0.2) is 0 Å². The fourth-order valence-electron chi connectivity index (χ4n) is 2.91. The maximum absolute atomic E-state index is 12.9. The van der Waals surface area contributed by atoms with Crippen LogP contribution in [0.3, 0.4) is 0 Å². The van der Waals surface area contributed by atoms with Gasteiger partial charge in [-0.15, -0.1) is 0 Å². The zero-order valence-corrected chi connectivity index (χ0v) is 12.5. The van der Waals surface area contributed by atoms with Crippen LogP contribution in [-0.2, 0) is 10.3 Å². The number of nitrogens with zero attached hydrogens (tertiary/aromatic N) is 2. The lowest BCUT2D eigenvalue weighted by Crippen LogP contribution is -2.52. The fourth-order valence-corrected chi connectivity index (χ4v) is 2.91. The maximum Gasteiger partial charge on any atom is 0.252 e. The summed E-state index contributed by atoms with van der Waals surface area (Å²) in [5, 5.41) is 20.4. The monoisotopic (exact) mass is 300 g/mol. The number of phenols is 1. The molecule has 0 spiro atoms. The van der Waals surface area contributed by atoms with Crippen LogP contribution < -0.4 is 10.6 Å². The largest absolute Gasteiger partial charge is 0.506 e. The standard InChI is InChI=1S/C16H20N4O2/c1-12-3-4-14(21)13(11-12)19-15(22)16(5-8-17-9-6-16)20-10-2-7-18-20/h2-4,7,10-11,17,21H,5-6,8-9H2,1H3,(H,19,22). The summed E-state index contributed by atoms with van der Waals surface area (Å²) < 4.78 is 1.73. The fraction of sp³-hybridized carbons (Fsp3) is 0.375. The van der Waals surface area contributed by atoms with Crippen LogP contribution in [0.25, 0.3) is 0 Å². The van der Waals surface area contributed by atoms with E-state index in [1.807, 2.05) is 19.2 Å². The van der Waals surface area contributed by atoms with Crippen LogP contribution in [-0.4, -0.2) is 33.9 Å². The number of aromatic nitrogens is 2. The van der Waals surface area contributed by atoms with Crippen molar-refractivity contribution >= 4 is 11.6 Å². The lowest BCUT2D eigenvalue weighted by atomic mass is 9.87. The molecule has 0 radical (unpaired) electrons. The number of aromatic hydroxyl groups is 1. The Hall–Kier alpha value is -2.34. The van der Waals surface area contributed by atoms with E-state index in [0.717, 1.165) is 18.7 Å². The van der Waals surface area contributed by atoms with Crippen LogP contribution in [0.2, 0.25) is 0 Å². The highest BCUT2D eigenvalue weighted by atomic mass is 16.3. The van der Waals surface area contributed by atoms with Gasteiger partial charge in [0.1, 0.15) is 11.3 Å². The Labute approximate surface area is 129 Å². The highest BCUT2D eigenvalue weighted by molar-refractivity contribution is 5.97. The number of benzene rings is 1. The van der Waals surface area contributed by atoms with Gasteiger partial charge in [0.2, 0.25) is 0 Å². The van der Waals surface area contributed by atoms with Crippen molar-refractivity contribution in [3.63, 3.8) is 0 Å². The first-order valence-electron chi connectivity index (χ1n) is 7.44. The van der Waals surface area contributed by atoms with Gasteiger partial charge in [0, 0.05) is 12.4 Å². The number of amides is 1. The number of carbonyl (C=O) groups is 1. The summed E-state index contributed by atoms with van der Waals surface area (Å²) >= 11 is 0. The Morgan fingerprint density at radius 2 is 2.18 bits per heavy atom. The highest BCUT2D eigenvalue weighted by Gasteiger charge is 2.42. The van der Waals surface area contributed by atoms with E-state index >= 15 is 0 Å². The van der Waals surface area contributed by atoms with Gasteiger partial charge in [0.25, 0.3) is 5.91 Å². The first kappa shape index (κ1) is 14.6. The molecule has 1 aromatic heterocycles. The van der Waals surface area contributed by atoms with E-state index in [1.165, 1.54) is 0 Å². The summed E-state index contributed by atoms with van der Waals surface area (Å²) in [7, 11) is 0. The molecular weight excluding hydrogens is 280 g/mol. The van der Waals surface area contributed by atoms with Crippen molar-refractivity contribution in [2.24, 2.45) is 0 Å². The number of hydrogen-bond donors (Lipinski definition) is 3. The first-order chi connectivity index (χ1) is 10.6. The lowest BCUT2D eigenvalue weighted by molar-refractivity contribution is -0.126. The smallest absolute Gasteiger partial charge is 0.252 e. The summed E-state index contributed by atoms with van der Waals surface area (Å²) in [6, 6.07) is 6.99. The van der Waals surface area contributed by atoms with E-state index in [2.05, 4.69) is 15.7 Å². The van der Waals surface area contributed by atoms with E-state index in [1.54, 1.807) is 29.1 Å². The number of phenolic OH excluding ortho intramolecular Hbond substituents is 1. The first-order valence-corrected chi connectivity index (χ1v) is 7.44. The topological polar surface area (TPSA) is 79.2 Å². The predicted octanol–water partition coefficient (Wildman–Crippen LogP) is 1.61. The Morgan fingerprint density at radius 3 is 2.86 bits per heavy atom. The molecule has 0 unspecified atom stereocenters.